The van der Waals surface area contributed by atoms with Crippen molar-refractivity contribution >= 4 is 11.8 Å². The van der Waals surface area contributed by atoms with Gasteiger partial charge in [-0.05, 0) is 37.7 Å². The maximum Gasteiger partial charge on any atom is 0.247 e. The molecule has 123 valence electrons. The summed E-state index contributed by atoms with van der Waals surface area (Å²) in [6.45, 7) is 1.46. The fourth-order valence-electron chi connectivity index (χ4n) is 3.82. The molecule has 1 saturated heterocycles. The van der Waals surface area contributed by atoms with Crippen LogP contribution in [0.25, 0.3) is 0 Å². The molecule has 23 heavy (non-hydrogen) atoms. The molecule has 2 N–H and O–H groups in total. The number of nitrogens with zero attached hydrogens (tertiary/aromatic N) is 1. The van der Waals surface area contributed by atoms with Gasteiger partial charge in [0.15, 0.2) is 0 Å². The third-order valence-electron chi connectivity index (χ3n) is 5.12. The van der Waals surface area contributed by atoms with Crippen LogP contribution in [0.5, 0.6) is 0 Å². The summed E-state index contributed by atoms with van der Waals surface area (Å²) in [5.41, 5.74) is 2.98. The number of amides is 2. The molecule has 0 bridgehead atoms. The van der Waals surface area contributed by atoms with Crippen molar-refractivity contribution in [3.05, 3.63) is 42.3 Å². The van der Waals surface area contributed by atoms with Crippen LogP contribution in [-0.4, -0.2) is 35.0 Å². The lowest BCUT2D eigenvalue weighted by Gasteiger charge is -2.31. The topological polar surface area (TPSA) is 69.6 Å². The molecule has 0 unspecified atom stereocenters. The summed E-state index contributed by atoms with van der Waals surface area (Å²) in [6, 6.07) is 10.3. The number of nitrogens with one attached hydrogen (secondary N) is 1. The van der Waals surface area contributed by atoms with Crippen LogP contribution >= 0.6 is 0 Å². The van der Waals surface area contributed by atoms with Crippen molar-refractivity contribution in [2.24, 2.45) is 11.8 Å². The Labute approximate surface area is 136 Å². The molecule has 0 spiro atoms. The third-order valence-corrected chi connectivity index (χ3v) is 5.12. The van der Waals surface area contributed by atoms with Crippen molar-refractivity contribution in [1.82, 2.24) is 10.4 Å². The summed E-state index contributed by atoms with van der Waals surface area (Å²) in [5, 5.41) is 8.90. The number of carbonyl (C=O) groups excluding carboxylic acids is 2. The Morgan fingerprint density at radius 1 is 1.13 bits per heavy atom. The standard InChI is InChI=1S/C18H23N2O3/c21-17(19-23)15-8-4-5-9-16(15)18(22)20-11-10-14(12-20)13-6-2-1-3-7-13/h1-4,6-7,14-16,23H,5,8-12H2,(H,19,21)/t14-,15-,16-/m0/s1. The molecule has 5 heteroatoms. The minimum absolute atomic E-state index is 0.0603. The lowest BCUT2D eigenvalue weighted by molar-refractivity contribution is -0.145. The summed E-state index contributed by atoms with van der Waals surface area (Å²) in [5.74, 6) is -0.776. The second-order valence-corrected chi connectivity index (χ2v) is 6.47. The Morgan fingerprint density at radius 2 is 1.91 bits per heavy atom. The van der Waals surface area contributed by atoms with E-state index in [0.29, 0.717) is 18.8 Å². The second kappa shape index (κ2) is 7.13. The highest BCUT2D eigenvalue weighted by molar-refractivity contribution is 5.87. The molecule has 2 amide bonds. The van der Waals surface area contributed by atoms with E-state index in [4.69, 9.17) is 5.21 Å². The van der Waals surface area contributed by atoms with Crippen LogP contribution in [0.15, 0.2) is 30.3 Å². The zero-order valence-corrected chi connectivity index (χ0v) is 13.1. The first-order valence-corrected chi connectivity index (χ1v) is 8.30. The SMILES string of the molecule is O=C(NO)[C@H]1C[CH]CC[C@@H]1C(=O)N1CC[C@H](c2ccccc2)C1. The zero-order valence-electron chi connectivity index (χ0n) is 13.1. The third kappa shape index (κ3) is 3.39. The fourth-order valence-corrected chi connectivity index (χ4v) is 3.82. The molecule has 5 nitrogen and oxygen atoms in total. The number of benzene rings is 1. The Hall–Kier alpha value is -1.88. The molecule has 1 aromatic carbocycles. The lowest BCUT2D eigenvalue weighted by atomic mass is 9.78. The van der Waals surface area contributed by atoms with E-state index in [2.05, 4.69) is 12.1 Å². The molecule has 1 saturated carbocycles. The Balaban J connectivity index is 1.67. The van der Waals surface area contributed by atoms with E-state index in [1.165, 1.54) is 5.56 Å². The van der Waals surface area contributed by atoms with Crippen LogP contribution < -0.4 is 5.48 Å². The molecule has 1 aromatic rings. The highest BCUT2D eigenvalue weighted by Crippen LogP contribution is 2.34. The summed E-state index contributed by atoms with van der Waals surface area (Å²) >= 11 is 0. The van der Waals surface area contributed by atoms with Gasteiger partial charge < -0.3 is 4.90 Å². The van der Waals surface area contributed by atoms with Crippen molar-refractivity contribution < 1.29 is 14.8 Å². The van der Waals surface area contributed by atoms with Crippen molar-refractivity contribution in [3.8, 4) is 0 Å². The van der Waals surface area contributed by atoms with Crippen LogP contribution in [0, 0.1) is 18.3 Å². The minimum atomic E-state index is -0.447. The quantitative estimate of drug-likeness (QED) is 0.663. The second-order valence-electron chi connectivity index (χ2n) is 6.47. The monoisotopic (exact) mass is 315 g/mol. The zero-order chi connectivity index (χ0) is 16.2. The average Bonchev–Trinajstić information content (AvgIpc) is 3.11. The van der Waals surface area contributed by atoms with E-state index >= 15 is 0 Å². The molecule has 1 heterocycles. The van der Waals surface area contributed by atoms with E-state index in [0.717, 1.165) is 25.9 Å². The van der Waals surface area contributed by atoms with Gasteiger partial charge in [-0.2, -0.15) is 0 Å². The largest absolute Gasteiger partial charge is 0.342 e. The Bertz CT molecular complexity index is 561. The van der Waals surface area contributed by atoms with Gasteiger partial charge in [0.2, 0.25) is 11.8 Å². The number of hydrogen-bond donors (Lipinski definition) is 2. The summed E-state index contributed by atoms with van der Waals surface area (Å²) in [6.07, 6.45) is 5.08. The maximum atomic E-state index is 12.9. The minimum Gasteiger partial charge on any atom is -0.342 e. The average molecular weight is 315 g/mol. The number of rotatable bonds is 3. The molecule has 1 aliphatic carbocycles. The van der Waals surface area contributed by atoms with E-state index < -0.39 is 11.8 Å². The Morgan fingerprint density at radius 3 is 2.65 bits per heavy atom. The van der Waals surface area contributed by atoms with E-state index in [1.54, 1.807) is 5.48 Å². The van der Waals surface area contributed by atoms with Gasteiger partial charge in [0.25, 0.3) is 0 Å². The maximum absolute atomic E-state index is 12.9. The highest BCUT2D eigenvalue weighted by Gasteiger charge is 2.39. The Kier molecular flexibility index (Phi) is 4.96. The first kappa shape index (κ1) is 16.0. The highest BCUT2D eigenvalue weighted by atomic mass is 16.5. The lowest BCUT2D eigenvalue weighted by Crippen LogP contribution is -2.44. The summed E-state index contributed by atoms with van der Waals surface area (Å²) < 4.78 is 0. The van der Waals surface area contributed by atoms with Crippen molar-refractivity contribution in [3.63, 3.8) is 0 Å². The number of hydroxylamine groups is 1. The van der Waals surface area contributed by atoms with Gasteiger partial charge in [0.05, 0.1) is 5.92 Å². The van der Waals surface area contributed by atoms with Gasteiger partial charge in [-0.25, -0.2) is 5.48 Å². The van der Waals surface area contributed by atoms with Gasteiger partial charge >= 0.3 is 0 Å². The molecule has 1 aliphatic heterocycles. The van der Waals surface area contributed by atoms with Gasteiger partial charge in [0, 0.05) is 24.9 Å². The van der Waals surface area contributed by atoms with E-state index in [-0.39, 0.29) is 11.8 Å². The van der Waals surface area contributed by atoms with Crippen LogP contribution in [0.2, 0.25) is 0 Å². The normalized spacial score (nSPS) is 27.7. The number of carbonyl (C=O) groups is 2. The van der Waals surface area contributed by atoms with Crippen LogP contribution in [0.1, 0.15) is 37.2 Å². The number of hydrogen-bond acceptors (Lipinski definition) is 3. The fraction of sp³-hybridized carbons (Fsp3) is 0.500. The molecule has 2 aliphatic rings. The van der Waals surface area contributed by atoms with Crippen LogP contribution in [0.3, 0.4) is 0 Å². The molecular weight excluding hydrogens is 292 g/mol. The molecule has 2 fully saturated rings. The summed E-state index contributed by atoms with van der Waals surface area (Å²) in [7, 11) is 0. The van der Waals surface area contributed by atoms with Gasteiger partial charge in [0.1, 0.15) is 0 Å². The van der Waals surface area contributed by atoms with Crippen LogP contribution in [-0.2, 0) is 9.59 Å². The number of likely N-dealkylation sites (tertiary alicyclic amines) is 1. The first-order valence-electron chi connectivity index (χ1n) is 8.30. The first-order chi connectivity index (χ1) is 11.2. The predicted octanol–water partition coefficient (Wildman–Crippen LogP) is 2.13. The van der Waals surface area contributed by atoms with Gasteiger partial charge in [-0.15, -0.1) is 0 Å². The predicted molar refractivity (Wildman–Crippen MR) is 85.4 cm³/mol. The molecule has 0 aromatic heterocycles. The van der Waals surface area contributed by atoms with E-state index in [1.807, 2.05) is 29.5 Å². The molecular formula is C18H23N2O3. The van der Waals surface area contributed by atoms with Gasteiger partial charge in [-0.3, -0.25) is 14.8 Å². The molecule has 3 rings (SSSR count). The van der Waals surface area contributed by atoms with Crippen molar-refractivity contribution in [1.29, 1.82) is 0 Å². The van der Waals surface area contributed by atoms with Crippen molar-refractivity contribution in [2.75, 3.05) is 13.1 Å². The smallest absolute Gasteiger partial charge is 0.247 e. The molecule has 3 atom stereocenters. The van der Waals surface area contributed by atoms with E-state index in [9.17, 15) is 9.59 Å². The van der Waals surface area contributed by atoms with Crippen molar-refractivity contribution in [2.45, 2.75) is 31.6 Å². The van der Waals surface area contributed by atoms with Gasteiger partial charge in [-0.1, -0.05) is 30.3 Å². The summed E-state index contributed by atoms with van der Waals surface area (Å²) in [4.78, 5) is 26.6. The molecule has 1 radical (unpaired) electrons. The van der Waals surface area contributed by atoms with Crippen LogP contribution in [0.4, 0.5) is 0 Å².